The van der Waals surface area contributed by atoms with Crippen molar-refractivity contribution in [2.24, 2.45) is 0 Å². The van der Waals surface area contributed by atoms with E-state index in [2.05, 4.69) is 30.4 Å². The second-order valence-electron chi connectivity index (χ2n) is 7.94. The van der Waals surface area contributed by atoms with Crippen molar-refractivity contribution >= 4 is 41.0 Å². The normalized spacial score (nSPS) is 19.2. The topological polar surface area (TPSA) is 111 Å². The van der Waals surface area contributed by atoms with E-state index in [0.29, 0.717) is 55.9 Å². The molecule has 3 amide bonds. The Labute approximate surface area is 196 Å². The van der Waals surface area contributed by atoms with Crippen LogP contribution in [0.4, 0.5) is 11.6 Å². The quantitative estimate of drug-likeness (QED) is 0.635. The second-order valence-corrected chi connectivity index (χ2v) is 8.35. The summed E-state index contributed by atoms with van der Waals surface area (Å²) in [5.74, 6) is -0.181. The number of benzene rings is 1. The summed E-state index contributed by atoms with van der Waals surface area (Å²) in [5.41, 5.74) is 0.471. The molecule has 1 aromatic heterocycles. The van der Waals surface area contributed by atoms with Crippen LogP contribution in [0.5, 0.6) is 0 Å². The Kier molecular flexibility index (Phi) is 7.36. The third-order valence-electron chi connectivity index (χ3n) is 5.74. The van der Waals surface area contributed by atoms with Crippen LogP contribution >= 0.6 is 11.6 Å². The summed E-state index contributed by atoms with van der Waals surface area (Å²) < 4.78 is 0. The molecule has 3 heterocycles. The zero-order chi connectivity index (χ0) is 23.2. The maximum Gasteiger partial charge on any atom is 0.243 e. The Balaban J connectivity index is 1.33. The Morgan fingerprint density at radius 3 is 2.52 bits per heavy atom. The van der Waals surface area contributed by atoms with E-state index in [1.807, 2.05) is 0 Å². The van der Waals surface area contributed by atoms with Gasteiger partial charge in [-0.05, 0) is 18.2 Å². The van der Waals surface area contributed by atoms with Gasteiger partial charge in [-0.15, -0.1) is 0 Å². The molecule has 33 heavy (non-hydrogen) atoms. The lowest BCUT2D eigenvalue weighted by Gasteiger charge is -2.38. The molecule has 4 rings (SSSR count). The maximum absolute atomic E-state index is 13.1. The van der Waals surface area contributed by atoms with Crippen molar-refractivity contribution in [1.82, 2.24) is 25.1 Å². The average molecular weight is 472 g/mol. The fraction of sp³-hybridized carbons (Fsp3) is 0.409. The minimum absolute atomic E-state index is 0.137. The molecule has 2 fully saturated rings. The van der Waals surface area contributed by atoms with Gasteiger partial charge in [0.1, 0.15) is 6.04 Å². The van der Waals surface area contributed by atoms with Crippen molar-refractivity contribution in [1.29, 1.82) is 0 Å². The lowest BCUT2D eigenvalue weighted by molar-refractivity contribution is -0.145. The van der Waals surface area contributed by atoms with Gasteiger partial charge in [-0.25, -0.2) is 9.97 Å². The van der Waals surface area contributed by atoms with Gasteiger partial charge in [0, 0.05) is 51.7 Å². The zero-order valence-corrected chi connectivity index (χ0v) is 18.9. The summed E-state index contributed by atoms with van der Waals surface area (Å²) in [6.07, 6.45) is 3.28. The first kappa shape index (κ1) is 22.9. The predicted molar refractivity (Wildman–Crippen MR) is 124 cm³/mol. The molecule has 2 N–H and O–H groups in total. The minimum atomic E-state index is -0.854. The number of piperazine rings is 2. The Morgan fingerprint density at radius 2 is 1.79 bits per heavy atom. The molecule has 0 radical (unpaired) electrons. The lowest BCUT2D eigenvalue weighted by Crippen LogP contribution is -2.60. The fourth-order valence-corrected chi connectivity index (χ4v) is 4.18. The number of halogens is 1. The number of aromatic nitrogens is 2. The molecule has 2 aliphatic heterocycles. The van der Waals surface area contributed by atoms with Gasteiger partial charge in [0.25, 0.3) is 0 Å². The van der Waals surface area contributed by atoms with Crippen molar-refractivity contribution in [3.05, 3.63) is 47.7 Å². The Morgan fingerprint density at radius 1 is 1.06 bits per heavy atom. The van der Waals surface area contributed by atoms with Gasteiger partial charge in [0.15, 0.2) is 0 Å². The van der Waals surface area contributed by atoms with E-state index < -0.39 is 6.04 Å². The number of hydrogen-bond acceptors (Lipinski definition) is 7. The number of para-hydroxylation sites is 1. The number of nitrogens with one attached hydrogen (secondary N) is 2. The third-order valence-corrected chi connectivity index (χ3v) is 6.07. The third kappa shape index (κ3) is 5.77. The van der Waals surface area contributed by atoms with E-state index in [9.17, 15) is 14.4 Å². The summed E-state index contributed by atoms with van der Waals surface area (Å²) in [6, 6.07) is 7.80. The monoisotopic (exact) mass is 471 g/mol. The van der Waals surface area contributed by atoms with Crippen molar-refractivity contribution in [2.45, 2.75) is 12.5 Å². The fourth-order valence-electron chi connectivity index (χ4n) is 4.00. The second kappa shape index (κ2) is 10.6. The molecule has 11 heteroatoms. The van der Waals surface area contributed by atoms with Gasteiger partial charge in [-0.1, -0.05) is 23.7 Å². The lowest BCUT2D eigenvalue weighted by atomic mass is 10.1. The molecular weight excluding hydrogens is 446 g/mol. The van der Waals surface area contributed by atoms with Crippen LogP contribution in [0.3, 0.4) is 0 Å². The molecule has 10 nitrogen and oxygen atoms in total. The van der Waals surface area contributed by atoms with Crippen LogP contribution in [0.2, 0.25) is 5.02 Å². The van der Waals surface area contributed by atoms with Crippen molar-refractivity contribution < 1.29 is 14.4 Å². The molecule has 0 bridgehead atoms. The minimum Gasteiger partial charge on any atom is -0.353 e. The first-order chi connectivity index (χ1) is 16.0. The number of anilines is 2. The maximum atomic E-state index is 13.1. The van der Waals surface area contributed by atoms with Crippen LogP contribution in [0, 0.1) is 0 Å². The van der Waals surface area contributed by atoms with Crippen LogP contribution in [-0.4, -0.2) is 89.3 Å². The Hall–Kier alpha value is -3.24. The first-order valence-corrected chi connectivity index (χ1v) is 11.2. The summed E-state index contributed by atoms with van der Waals surface area (Å²) in [5, 5.41) is 5.88. The van der Waals surface area contributed by atoms with Gasteiger partial charge in [-0.3, -0.25) is 19.3 Å². The van der Waals surface area contributed by atoms with Crippen LogP contribution in [-0.2, 0) is 14.4 Å². The number of nitrogens with zero attached hydrogens (tertiary/aromatic N) is 5. The highest BCUT2D eigenvalue weighted by Crippen LogP contribution is 2.21. The number of amides is 3. The SMILES string of the molecule is O=C(CC1C(=O)NCCN1C(=O)CN1CCN(c2ncccn2)CC1)Nc1ccccc1Cl. The first-order valence-electron chi connectivity index (χ1n) is 10.9. The molecule has 0 aliphatic carbocycles. The van der Waals surface area contributed by atoms with E-state index in [4.69, 9.17) is 11.6 Å². The number of carbonyl (C=O) groups is 3. The number of carbonyl (C=O) groups excluding carboxylic acids is 3. The van der Waals surface area contributed by atoms with Crippen LogP contribution < -0.4 is 15.5 Å². The molecular formula is C22H26ClN7O3. The van der Waals surface area contributed by atoms with E-state index in [1.165, 1.54) is 4.90 Å². The van der Waals surface area contributed by atoms with Gasteiger partial charge < -0.3 is 20.4 Å². The van der Waals surface area contributed by atoms with E-state index in [0.717, 1.165) is 0 Å². The van der Waals surface area contributed by atoms with E-state index in [-0.39, 0.29) is 30.7 Å². The van der Waals surface area contributed by atoms with Crippen molar-refractivity contribution in [3.63, 3.8) is 0 Å². The molecule has 2 aliphatic rings. The molecule has 174 valence electrons. The molecule has 0 saturated carbocycles. The van der Waals surface area contributed by atoms with Gasteiger partial charge in [0.05, 0.1) is 23.7 Å². The smallest absolute Gasteiger partial charge is 0.243 e. The van der Waals surface area contributed by atoms with Crippen LogP contribution in [0.15, 0.2) is 42.7 Å². The average Bonchev–Trinajstić information content (AvgIpc) is 2.83. The van der Waals surface area contributed by atoms with Crippen molar-refractivity contribution in [3.8, 4) is 0 Å². The standard InChI is InChI=1S/C22H26ClN7O3/c23-16-4-1-2-5-17(16)27-19(31)14-18-21(33)24-8-9-30(18)20(32)15-28-10-12-29(13-11-28)22-25-6-3-7-26-22/h1-7,18H,8-15H2,(H,24,33)(H,27,31). The Bertz CT molecular complexity index is 998. The largest absolute Gasteiger partial charge is 0.353 e. The summed E-state index contributed by atoms with van der Waals surface area (Å²) in [4.78, 5) is 52.4. The molecule has 1 aromatic carbocycles. The highest BCUT2D eigenvalue weighted by molar-refractivity contribution is 6.33. The number of hydrogen-bond donors (Lipinski definition) is 2. The molecule has 2 aromatic rings. The zero-order valence-electron chi connectivity index (χ0n) is 18.1. The van der Waals surface area contributed by atoms with Crippen molar-refractivity contribution in [2.75, 3.05) is 56.0 Å². The predicted octanol–water partition coefficient (Wildman–Crippen LogP) is 0.608. The molecule has 1 unspecified atom stereocenters. The van der Waals surface area contributed by atoms with Gasteiger partial charge in [0.2, 0.25) is 23.7 Å². The van der Waals surface area contributed by atoms with Crippen LogP contribution in [0.25, 0.3) is 0 Å². The molecule has 1 atom stereocenters. The highest BCUT2D eigenvalue weighted by Gasteiger charge is 2.35. The van der Waals surface area contributed by atoms with E-state index in [1.54, 1.807) is 42.7 Å². The highest BCUT2D eigenvalue weighted by atomic mass is 35.5. The van der Waals surface area contributed by atoms with Gasteiger partial charge in [-0.2, -0.15) is 0 Å². The van der Waals surface area contributed by atoms with Crippen LogP contribution in [0.1, 0.15) is 6.42 Å². The molecule has 2 saturated heterocycles. The van der Waals surface area contributed by atoms with Gasteiger partial charge >= 0.3 is 0 Å². The van der Waals surface area contributed by atoms with E-state index >= 15 is 0 Å². The summed E-state index contributed by atoms with van der Waals surface area (Å²) >= 11 is 6.10. The summed E-state index contributed by atoms with van der Waals surface area (Å²) in [6.45, 7) is 3.71. The summed E-state index contributed by atoms with van der Waals surface area (Å²) in [7, 11) is 0. The molecule has 0 spiro atoms. The number of rotatable bonds is 6.